The number of aromatic nitrogens is 2. The minimum atomic E-state index is -5.24. The molecule has 4 aromatic rings. The van der Waals surface area contributed by atoms with E-state index in [1.165, 1.54) is 25.1 Å². The summed E-state index contributed by atoms with van der Waals surface area (Å²) in [5.41, 5.74) is -0.852. The standard InChI is InChI=1S/C36H40Cl2N8O14S4.4K/c1-21(47)40-31-16-23(45(11-5-6-13-61(49,50)51)12-7-8-32(48)41-22-14-24(62(52,53)54)17-25(15-22)63(55,56)57)9-10-30(31)42-43-35-27(20-39)34(36(2,3)4)44-46(35)33-28(37)18-26(19-29(33)38)64(58,59)60;;;;/h9-10,14-19H,5-8,11-13H2,1-4H3,(H,40,47)(H,41,48)(H,49,50,51)(H,52,53,54)(H,55,56,57)(H,58,59,60);;;;/q;4*+1/p-4. The molecule has 0 saturated carbocycles. The predicted molar refractivity (Wildman–Crippen MR) is 226 cm³/mol. The molecular formula is C36H36Cl2K4N8O14S4. The summed E-state index contributed by atoms with van der Waals surface area (Å²) >= 11 is 12.9. The van der Waals surface area contributed by atoms with Crippen molar-refractivity contribution < 1.29 is 267 Å². The molecule has 346 valence electrons. The van der Waals surface area contributed by atoms with Crippen LogP contribution >= 0.6 is 23.2 Å². The summed E-state index contributed by atoms with van der Waals surface area (Å²) < 4.78 is 140. The summed E-state index contributed by atoms with van der Waals surface area (Å²) in [5.74, 6) is -2.26. The first kappa shape index (κ1) is 69.5. The molecular weight excluding hydrogens is 1120 g/mol. The van der Waals surface area contributed by atoms with E-state index in [1.54, 1.807) is 25.7 Å². The molecule has 0 atom stereocenters. The third-order valence-corrected chi connectivity index (χ3v) is 12.5. The maximum Gasteiger partial charge on any atom is 1.00 e. The smallest absolute Gasteiger partial charge is 0.748 e. The van der Waals surface area contributed by atoms with Gasteiger partial charge in [0.2, 0.25) is 11.8 Å². The van der Waals surface area contributed by atoms with Crippen LogP contribution in [-0.4, -0.2) is 92.3 Å². The van der Waals surface area contributed by atoms with Gasteiger partial charge in [0.15, 0.2) is 5.82 Å². The second-order valence-electron chi connectivity index (χ2n) is 14.8. The van der Waals surface area contributed by atoms with Crippen LogP contribution in [0.2, 0.25) is 10.0 Å². The van der Waals surface area contributed by atoms with Crippen molar-refractivity contribution in [2.45, 2.75) is 73.5 Å². The number of benzene rings is 3. The number of hydrogen-bond donors (Lipinski definition) is 2. The van der Waals surface area contributed by atoms with Gasteiger partial charge in [0, 0.05) is 49.0 Å². The molecule has 0 aliphatic carbocycles. The fourth-order valence-electron chi connectivity index (χ4n) is 5.91. The second-order valence-corrected chi connectivity index (χ2v) is 21.3. The van der Waals surface area contributed by atoms with E-state index in [4.69, 9.17) is 23.2 Å². The van der Waals surface area contributed by atoms with Gasteiger partial charge in [0.25, 0.3) is 0 Å². The summed E-state index contributed by atoms with van der Waals surface area (Å²) in [5, 5.41) is 27.5. The molecule has 0 saturated heterocycles. The average Bonchev–Trinajstić information content (AvgIpc) is 3.51. The summed E-state index contributed by atoms with van der Waals surface area (Å²) in [4.78, 5) is 24.1. The van der Waals surface area contributed by atoms with Gasteiger partial charge in [-0.25, -0.2) is 38.4 Å². The molecule has 68 heavy (non-hydrogen) atoms. The molecule has 22 nitrogen and oxygen atoms in total. The van der Waals surface area contributed by atoms with Crippen LogP contribution in [0.5, 0.6) is 0 Å². The molecule has 1 heterocycles. The Morgan fingerprint density at radius 1 is 0.765 bits per heavy atom. The number of anilines is 3. The van der Waals surface area contributed by atoms with Crippen molar-refractivity contribution in [1.82, 2.24) is 9.78 Å². The molecule has 4 rings (SSSR count). The third-order valence-electron chi connectivity index (χ3n) is 8.73. The van der Waals surface area contributed by atoms with Gasteiger partial charge in [-0.2, -0.15) is 10.4 Å². The van der Waals surface area contributed by atoms with Gasteiger partial charge in [-0.05, 0) is 67.8 Å². The maximum atomic E-state index is 12.9. The molecule has 0 fully saturated rings. The van der Waals surface area contributed by atoms with Gasteiger partial charge >= 0.3 is 206 Å². The van der Waals surface area contributed by atoms with E-state index in [-0.39, 0.29) is 288 Å². The van der Waals surface area contributed by atoms with Crippen LogP contribution in [0, 0.1) is 11.3 Å². The monoisotopic (exact) mass is 1160 g/mol. The number of carbonyl (C=O) groups is 2. The van der Waals surface area contributed by atoms with Crippen molar-refractivity contribution in [1.29, 1.82) is 5.26 Å². The first-order chi connectivity index (χ1) is 29.4. The quantitative estimate of drug-likeness (QED) is 0.0405. The number of carbonyl (C=O) groups excluding carboxylic acids is 2. The van der Waals surface area contributed by atoms with Crippen LogP contribution in [0.4, 0.5) is 28.6 Å². The number of nitrogens with one attached hydrogen (secondary N) is 2. The number of halogens is 2. The maximum absolute atomic E-state index is 12.9. The first-order valence-electron chi connectivity index (χ1n) is 18.3. The minimum absolute atomic E-state index is 0. The number of amides is 2. The Morgan fingerprint density at radius 3 is 1.75 bits per heavy atom. The normalized spacial score (nSPS) is 11.8. The van der Waals surface area contributed by atoms with Crippen LogP contribution in [0.1, 0.15) is 64.6 Å². The van der Waals surface area contributed by atoms with Crippen LogP contribution in [0.15, 0.2) is 73.4 Å². The molecule has 0 radical (unpaired) electrons. The van der Waals surface area contributed by atoms with Crippen molar-refractivity contribution in [3.63, 3.8) is 0 Å². The SMILES string of the molecule is CC(=O)Nc1cc(N(CCCCS(=O)(=O)[O-])CCCC(=O)Nc2cc(S(=O)(=O)[O-])cc(S(=O)(=O)[O-])c2)ccc1N=Nc1c(C#N)c(C(C)(C)C)nn1-c1c(Cl)cc(S(=O)(=O)[O-])cc1Cl.[K+].[K+].[K+].[K+]. The van der Waals surface area contributed by atoms with E-state index < -0.39 is 83.8 Å². The summed E-state index contributed by atoms with van der Waals surface area (Å²) in [7, 11) is -20.0. The zero-order valence-electron chi connectivity index (χ0n) is 37.9. The molecule has 32 heteroatoms. The minimum Gasteiger partial charge on any atom is -0.748 e. The topological polar surface area (TPSA) is 357 Å². The Morgan fingerprint density at radius 2 is 1.28 bits per heavy atom. The van der Waals surface area contributed by atoms with E-state index in [1.807, 2.05) is 6.07 Å². The molecule has 3 aromatic carbocycles. The Labute approximate surface area is 574 Å². The predicted octanol–water partition coefficient (Wildman–Crippen LogP) is -7.00. The number of unbranched alkanes of at least 4 members (excludes halogenated alkanes) is 1. The first-order valence-corrected chi connectivity index (χ1v) is 24.8. The van der Waals surface area contributed by atoms with E-state index in [9.17, 15) is 66.7 Å². The van der Waals surface area contributed by atoms with Crippen molar-refractivity contribution in [3.8, 4) is 11.8 Å². The van der Waals surface area contributed by atoms with Crippen LogP contribution in [-0.2, 0) is 55.5 Å². The van der Waals surface area contributed by atoms with E-state index in [2.05, 4.69) is 26.0 Å². The Hall–Kier alpha value is 1.47. The van der Waals surface area contributed by atoms with Gasteiger partial charge in [-0.1, -0.05) is 44.0 Å². The van der Waals surface area contributed by atoms with E-state index in [0.29, 0.717) is 23.9 Å². The molecule has 1 aromatic heterocycles. The van der Waals surface area contributed by atoms with E-state index in [0.717, 1.165) is 16.8 Å². The van der Waals surface area contributed by atoms with Gasteiger partial charge in [-0.3, -0.25) is 9.59 Å². The zero-order chi connectivity index (χ0) is 48.2. The molecule has 0 spiro atoms. The van der Waals surface area contributed by atoms with Crippen molar-refractivity contribution in [2.75, 3.05) is 34.4 Å². The number of azo groups is 1. The van der Waals surface area contributed by atoms with Crippen LogP contribution < -0.4 is 221 Å². The third kappa shape index (κ3) is 20.9. The van der Waals surface area contributed by atoms with Gasteiger partial charge in [0.05, 0.1) is 46.2 Å². The summed E-state index contributed by atoms with van der Waals surface area (Å²) in [6.07, 6.45) is -0.179. The number of rotatable bonds is 18. The Kier molecular flexibility index (Phi) is 29.7. The Bertz CT molecular complexity index is 2970. The fourth-order valence-corrected chi connectivity index (χ4v) is 8.93. The summed E-state index contributed by atoms with van der Waals surface area (Å²) in [6.45, 7) is 6.56. The molecule has 0 bridgehead atoms. The Balaban J connectivity index is 0.0000112. The molecule has 0 unspecified atom stereocenters. The number of nitriles is 1. The number of nitrogens with zero attached hydrogens (tertiary/aromatic N) is 6. The summed E-state index contributed by atoms with van der Waals surface area (Å²) in [6, 6.07) is 9.84. The average molecular weight is 1160 g/mol. The second kappa shape index (κ2) is 29.1. The van der Waals surface area contributed by atoms with Crippen LogP contribution in [0.25, 0.3) is 5.69 Å². The van der Waals surface area contributed by atoms with Crippen LogP contribution in [0.3, 0.4) is 0 Å². The van der Waals surface area contributed by atoms with Gasteiger partial charge in [0.1, 0.15) is 53.4 Å². The molecule has 0 aliphatic rings. The molecule has 2 amide bonds. The largest absolute Gasteiger partial charge is 1.00 e. The molecule has 2 N–H and O–H groups in total. The fraction of sp³-hybridized carbons (Fsp3) is 0.333. The van der Waals surface area contributed by atoms with Crippen molar-refractivity contribution >= 4 is 104 Å². The van der Waals surface area contributed by atoms with Crippen molar-refractivity contribution in [2.24, 2.45) is 10.2 Å². The molecule has 0 aliphatic heterocycles. The van der Waals surface area contributed by atoms with E-state index >= 15 is 0 Å². The van der Waals surface area contributed by atoms with Gasteiger partial charge in [-0.15, -0.1) is 10.2 Å². The number of hydrogen-bond acceptors (Lipinski definition) is 19. The zero-order valence-corrected chi connectivity index (χ0v) is 55.1. The van der Waals surface area contributed by atoms with Crippen molar-refractivity contribution in [3.05, 3.63) is 69.8 Å². The van der Waals surface area contributed by atoms with Gasteiger partial charge < -0.3 is 33.7 Å².